The predicted octanol–water partition coefficient (Wildman–Crippen LogP) is 4.17. The van der Waals surface area contributed by atoms with E-state index >= 15 is 0 Å². The predicted molar refractivity (Wildman–Crippen MR) is 121 cm³/mol. The second-order valence-corrected chi connectivity index (χ2v) is 7.81. The summed E-state index contributed by atoms with van der Waals surface area (Å²) in [7, 11) is 0. The minimum Gasteiger partial charge on any atom is -0.352 e. The van der Waals surface area contributed by atoms with Gasteiger partial charge in [-0.15, -0.1) is 0 Å². The first-order valence-electron chi connectivity index (χ1n) is 10.6. The number of nitrogens with zero attached hydrogens (tertiary/aromatic N) is 2. The Morgan fingerprint density at radius 1 is 1.06 bits per heavy atom. The van der Waals surface area contributed by atoms with Crippen LogP contribution in [0, 0.1) is 17.0 Å². The van der Waals surface area contributed by atoms with Crippen LogP contribution >= 0.6 is 0 Å². The van der Waals surface area contributed by atoms with Gasteiger partial charge in [-0.2, -0.15) is 0 Å². The Bertz CT molecular complexity index is 911. The van der Waals surface area contributed by atoms with Crippen molar-refractivity contribution in [3.8, 4) is 0 Å². The normalized spacial score (nSPS) is 12.6. The molecule has 31 heavy (non-hydrogen) atoms. The monoisotopic (exact) mass is 425 g/mol. The smallest absolute Gasteiger partial charge is 0.273 e. The quantitative estimate of drug-likeness (QED) is 0.457. The lowest BCUT2D eigenvalue weighted by Crippen LogP contribution is -2.51. The van der Waals surface area contributed by atoms with Gasteiger partial charge in [0.25, 0.3) is 5.69 Å². The summed E-state index contributed by atoms with van der Waals surface area (Å²) in [6.07, 6.45) is 1.08. The minimum absolute atomic E-state index is 0.00640. The van der Waals surface area contributed by atoms with Gasteiger partial charge in [0, 0.05) is 24.2 Å². The van der Waals surface area contributed by atoms with Crippen LogP contribution in [0.1, 0.15) is 50.3 Å². The number of carbonyl (C=O) groups excluding carboxylic acids is 2. The zero-order chi connectivity index (χ0) is 23.0. The second-order valence-electron chi connectivity index (χ2n) is 7.81. The van der Waals surface area contributed by atoms with Crippen LogP contribution in [0.25, 0.3) is 0 Å². The van der Waals surface area contributed by atoms with Gasteiger partial charge in [-0.1, -0.05) is 61.9 Å². The molecule has 1 N–H and O–H groups in total. The number of nitrogens with one attached hydrogen (secondary N) is 1. The van der Waals surface area contributed by atoms with Crippen LogP contribution in [0.3, 0.4) is 0 Å². The third-order valence-electron chi connectivity index (χ3n) is 5.39. The Hall–Kier alpha value is -3.22. The largest absolute Gasteiger partial charge is 0.352 e. The number of benzene rings is 2. The van der Waals surface area contributed by atoms with Gasteiger partial charge in [0.1, 0.15) is 6.04 Å². The number of hydrogen-bond donors (Lipinski definition) is 1. The number of amides is 2. The summed E-state index contributed by atoms with van der Waals surface area (Å²) in [4.78, 5) is 38.7. The lowest BCUT2D eigenvalue weighted by molar-refractivity contribution is -0.385. The average Bonchev–Trinajstić information content (AvgIpc) is 2.75. The summed E-state index contributed by atoms with van der Waals surface area (Å²) in [5.74, 6) is -0.527. The molecular formula is C24H31N3O4. The topological polar surface area (TPSA) is 92.6 Å². The molecule has 0 spiro atoms. The molecule has 0 saturated heterocycles. The lowest BCUT2D eigenvalue weighted by atomic mass is 10.0. The molecule has 2 atom stereocenters. The van der Waals surface area contributed by atoms with Crippen LogP contribution in [0.15, 0.2) is 48.5 Å². The van der Waals surface area contributed by atoms with Crippen LogP contribution in [-0.4, -0.2) is 33.7 Å². The number of nitro benzene ring substituents is 1. The summed E-state index contributed by atoms with van der Waals surface area (Å²) in [6.45, 7) is 8.00. The molecule has 0 radical (unpaired) electrons. The number of carbonyl (C=O) groups is 2. The Morgan fingerprint density at radius 3 is 2.29 bits per heavy atom. The van der Waals surface area contributed by atoms with Gasteiger partial charge in [0.2, 0.25) is 11.8 Å². The first-order chi connectivity index (χ1) is 14.8. The van der Waals surface area contributed by atoms with E-state index in [-0.39, 0.29) is 36.5 Å². The van der Waals surface area contributed by atoms with Gasteiger partial charge < -0.3 is 10.2 Å². The number of hydrogen-bond acceptors (Lipinski definition) is 4. The van der Waals surface area contributed by atoms with E-state index in [4.69, 9.17) is 0 Å². The van der Waals surface area contributed by atoms with Crippen molar-refractivity contribution in [1.82, 2.24) is 10.2 Å². The van der Waals surface area contributed by atoms with E-state index in [1.54, 1.807) is 23.1 Å². The summed E-state index contributed by atoms with van der Waals surface area (Å²) >= 11 is 0. The van der Waals surface area contributed by atoms with Crippen molar-refractivity contribution in [2.24, 2.45) is 0 Å². The molecule has 0 aromatic heterocycles. The zero-order valence-corrected chi connectivity index (χ0v) is 18.6. The highest BCUT2D eigenvalue weighted by atomic mass is 16.6. The van der Waals surface area contributed by atoms with Crippen molar-refractivity contribution in [3.05, 3.63) is 75.3 Å². The first kappa shape index (κ1) is 24.1. The fraction of sp³-hybridized carbons (Fsp3) is 0.417. The molecule has 0 aliphatic heterocycles. The molecule has 2 aromatic rings. The van der Waals surface area contributed by atoms with Crippen molar-refractivity contribution >= 4 is 17.5 Å². The van der Waals surface area contributed by atoms with Crippen molar-refractivity contribution in [3.63, 3.8) is 0 Å². The molecule has 0 heterocycles. The number of rotatable bonds is 10. The van der Waals surface area contributed by atoms with Crippen LogP contribution in [0.2, 0.25) is 0 Å². The van der Waals surface area contributed by atoms with Crippen LogP contribution in [0.4, 0.5) is 5.69 Å². The van der Waals surface area contributed by atoms with E-state index in [0.717, 1.165) is 17.5 Å². The van der Waals surface area contributed by atoms with Gasteiger partial charge >= 0.3 is 0 Å². The van der Waals surface area contributed by atoms with E-state index in [1.807, 2.05) is 52.0 Å². The molecule has 0 unspecified atom stereocenters. The highest BCUT2D eigenvalue weighted by Gasteiger charge is 2.30. The fourth-order valence-electron chi connectivity index (χ4n) is 3.35. The molecule has 0 fully saturated rings. The standard InChI is InChI=1S/C24H31N3O4/c1-5-18(4)25-24(29)21(6-2)26(16-19-13-11-17(3)12-14-19)23(28)15-20-9-7-8-10-22(20)27(30)31/h7-14,18,21H,5-6,15-16H2,1-4H3,(H,25,29)/t18-,21+/m1/s1. The third kappa shape index (κ3) is 6.64. The Kier molecular flexibility index (Phi) is 8.73. The maximum absolute atomic E-state index is 13.3. The minimum atomic E-state index is -0.662. The fourth-order valence-corrected chi connectivity index (χ4v) is 3.35. The van der Waals surface area contributed by atoms with Crippen LogP contribution in [0.5, 0.6) is 0 Å². The van der Waals surface area contributed by atoms with Crippen molar-refractivity contribution in [2.75, 3.05) is 0 Å². The van der Waals surface area contributed by atoms with E-state index < -0.39 is 11.0 Å². The molecule has 2 amide bonds. The summed E-state index contributed by atoms with van der Waals surface area (Å²) in [6, 6.07) is 13.3. The van der Waals surface area contributed by atoms with Gasteiger partial charge in [-0.25, -0.2) is 0 Å². The van der Waals surface area contributed by atoms with Crippen molar-refractivity contribution in [2.45, 2.75) is 65.6 Å². The molecule has 2 rings (SSSR count). The first-order valence-corrected chi connectivity index (χ1v) is 10.6. The maximum atomic E-state index is 13.3. The SMILES string of the molecule is CC[C@@H](C)NC(=O)[C@H](CC)N(Cc1ccc(C)cc1)C(=O)Cc1ccccc1[N+](=O)[O-]. The summed E-state index contributed by atoms with van der Waals surface area (Å²) in [5, 5.41) is 14.3. The van der Waals surface area contributed by atoms with E-state index in [9.17, 15) is 19.7 Å². The molecule has 0 aliphatic carbocycles. The Balaban J connectivity index is 2.35. The highest BCUT2D eigenvalue weighted by molar-refractivity contribution is 5.89. The van der Waals surface area contributed by atoms with Crippen LogP contribution in [-0.2, 0) is 22.6 Å². The van der Waals surface area contributed by atoms with Gasteiger partial charge in [0.05, 0.1) is 11.3 Å². The Labute approximate surface area is 183 Å². The van der Waals surface area contributed by atoms with Crippen molar-refractivity contribution in [1.29, 1.82) is 0 Å². The number of nitro groups is 1. The molecule has 166 valence electrons. The highest BCUT2D eigenvalue weighted by Crippen LogP contribution is 2.21. The van der Waals surface area contributed by atoms with Gasteiger partial charge in [-0.05, 0) is 32.3 Å². The van der Waals surface area contributed by atoms with Crippen molar-refractivity contribution < 1.29 is 14.5 Å². The Morgan fingerprint density at radius 2 is 1.71 bits per heavy atom. The zero-order valence-electron chi connectivity index (χ0n) is 18.6. The van der Waals surface area contributed by atoms with Crippen LogP contribution < -0.4 is 5.32 Å². The summed E-state index contributed by atoms with van der Waals surface area (Å²) in [5.41, 5.74) is 2.24. The lowest BCUT2D eigenvalue weighted by Gasteiger charge is -2.31. The maximum Gasteiger partial charge on any atom is 0.273 e. The molecule has 0 bridgehead atoms. The molecule has 0 aliphatic rings. The molecule has 7 heteroatoms. The molecular weight excluding hydrogens is 394 g/mol. The number of para-hydroxylation sites is 1. The molecule has 7 nitrogen and oxygen atoms in total. The molecule has 2 aromatic carbocycles. The summed E-state index contributed by atoms with van der Waals surface area (Å²) < 4.78 is 0. The number of aryl methyl sites for hydroxylation is 1. The average molecular weight is 426 g/mol. The van der Waals surface area contributed by atoms with E-state index in [2.05, 4.69) is 5.32 Å². The third-order valence-corrected chi connectivity index (χ3v) is 5.39. The van der Waals surface area contributed by atoms with Gasteiger partial charge in [-0.3, -0.25) is 19.7 Å². The van der Waals surface area contributed by atoms with Gasteiger partial charge in [0.15, 0.2) is 0 Å². The van der Waals surface area contributed by atoms with E-state index in [0.29, 0.717) is 12.0 Å². The molecule has 0 saturated carbocycles. The second kappa shape index (κ2) is 11.2. The van der Waals surface area contributed by atoms with E-state index in [1.165, 1.54) is 6.07 Å².